The Labute approximate surface area is 224 Å². The summed E-state index contributed by atoms with van der Waals surface area (Å²) in [7, 11) is 0. The van der Waals surface area contributed by atoms with Crippen molar-refractivity contribution in [1.29, 1.82) is 0 Å². The fourth-order valence-electron chi connectivity index (χ4n) is 4.96. The van der Waals surface area contributed by atoms with Crippen LogP contribution in [-0.2, 0) is 0 Å². The number of benzene rings is 2. The van der Waals surface area contributed by atoms with E-state index in [1.54, 1.807) is 36.5 Å². The fraction of sp³-hybridized carbons (Fsp3) is 0.214. The summed E-state index contributed by atoms with van der Waals surface area (Å²) in [6, 6.07) is 15.6. The second-order valence-corrected chi connectivity index (χ2v) is 9.35. The molecule has 3 N–H and O–H groups in total. The van der Waals surface area contributed by atoms with Crippen LogP contribution in [-0.4, -0.2) is 40.2 Å². The van der Waals surface area contributed by atoms with E-state index in [-0.39, 0.29) is 35.9 Å². The first-order chi connectivity index (χ1) is 18.0. The molecule has 1 atom stereocenters. The summed E-state index contributed by atoms with van der Waals surface area (Å²) in [6.07, 6.45) is 3.47. The Hall–Kier alpha value is -4.08. The van der Waals surface area contributed by atoms with Crippen LogP contribution in [0.4, 0.5) is 15.8 Å². The Bertz CT molecular complexity index is 1660. The predicted molar refractivity (Wildman–Crippen MR) is 148 cm³/mol. The van der Waals surface area contributed by atoms with Crippen LogP contribution >= 0.6 is 12.4 Å². The smallest absolute Gasteiger partial charge is 0.274 e. The monoisotopic (exact) mass is 532 g/mol. The molecule has 3 aromatic heterocycles. The van der Waals surface area contributed by atoms with Crippen molar-refractivity contribution in [3.05, 3.63) is 78.0 Å². The number of amides is 1. The van der Waals surface area contributed by atoms with Crippen LogP contribution < -0.4 is 16.0 Å². The van der Waals surface area contributed by atoms with Gasteiger partial charge in [0.1, 0.15) is 11.5 Å². The normalized spacial score (nSPS) is 15.4. The number of rotatable bonds is 4. The molecule has 1 aliphatic heterocycles. The number of nitrogens with zero attached hydrogens (tertiary/aromatic N) is 4. The Balaban J connectivity index is 0.00000294. The minimum atomic E-state index is -0.379. The van der Waals surface area contributed by atoms with Crippen molar-refractivity contribution in [2.24, 2.45) is 5.73 Å². The second kappa shape index (κ2) is 10.4. The molecule has 0 radical (unpaired) electrons. The average molecular weight is 533 g/mol. The highest BCUT2D eigenvalue weighted by molar-refractivity contribution is 6.09. The highest BCUT2D eigenvalue weighted by Gasteiger charge is 2.26. The summed E-state index contributed by atoms with van der Waals surface area (Å²) >= 11 is 0. The summed E-state index contributed by atoms with van der Waals surface area (Å²) in [5.41, 5.74) is 10.7. The van der Waals surface area contributed by atoms with E-state index in [0.29, 0.717) is 40.3 Å². The third kappa shape index (κ3) is 4.66. The molecule has 1 aliphatic rings. The number of aromatic nitrogens is 3. The number of aryl methyl sites for hydroxylation is 1. The zero-order chi connectivity index (χ0) is 25.5. The molecule has 1 amide bonds. The van der Waals surface area contributed by atoms with Crippen molar-refractivity contribution in [3.63, 3.8) is 0 Å². The van der Waals surface area contributed by atoms with E-state index in [4.69, 9.17) is 10.3 Å². The number of nitrogens with one attached hydrogen (secondary N) is 1. The molecule has 5 aromatic rings. The van der Waals surface area contributed by atoms with E-state index in [1.807, 2.05) is 25.1 Å². The molecule has 0 aliphatic carbocycles. The van der Waals surface area contributed by atoms with Crippen molar-refractivity contribution in [3.8, 4) is 11.1 Å². The summed E-state index contributed by atoms with van der Waals surface area (Å²) in [4.78, 5) is 24.5. The Morgan fingerprint density at radius 1 is 1.18 bits per heavy atom. The molecule has 6 rings (SSSR count). The molecule has 194 valence electrons. The maximum atomic E-state index is 14.3. The number of hydrogen-bond acceptors (Lipinski definition) is 7. The van der Waals surface area contributed by atoms with Gasteiger partial charge in [-0.05, 0) is 43.5 Å². The topological polar surface area (TPSA) is 110 Å². The highest BCUT2D eigenvalue weighted by atomic mass is 35.5. The molecule has 0 unspecified atom stereocenters. The van der Waals surface area contributed by atoms with Gasteiger partial charge in [0, 0.05) is 30.1 Å². The zero-order valence-electron chi connectivity index (χ0n) is 20.6. The maximum absolute atomic E-state index is 14.3. The molecular formula is C28H26ClFN6O2. The molecule has 0 spiro atoms. The number of halogens is 2. The lowest BCUT2D eigenvalue weighted by molar-refractivity contribution is 0.102. The zero-order valence-corrected chi connectivity index (χ0v) is 21.5. The molecule has 8 nitrogen and oxygen atoms in total. The standard InChI is InChI=1S/C28H25FN6O2.ClH/c1-16-25-26(35-12-4-5-19(30)15-35)24(14-31-28(25)37-34-16)33-27(36)22-11-10-17-8-9-18(13-23(17)32-22)20-6-2-3-7-21(20)29;/h2-3,6-11,13-14,19H,4-5,12,15,30H2,1H3,(H,33,36);1H/t19-;/m0./s1. The Morgan fingerprint density at radius 2 is 2.00 bits per heavy atom. The lowest BCUT2D eigenvalue weighted by Gasteiger charge is -2.34. The highest BCUT2D eigenvalue weighted by Crippen LogP contribution is 2.37. The fourth-order valence-corrected chi connectivity index (χ4v) is 4.96. The predicted octanol–water partition coefficient (Wildman–Crippen LogP) is 5.49. The molecular weight excluding hydrogens is 507 g/mol. The lowest BCUT2D eigenvalue weighted by atomic mass is 10.0. The van der Waals surface area contributed by atoms with Crippen LogP contribution in [0.1, 0.15) is 29.0 Å². The largest absolute Gasteiger partial charge is 0.368 e. The van der Waals surface area contributed by atoms with E-state index in [1.165, 1.54) is 6.07 Å². The van der Waals surface area contributed by atoms with Crippen LogP contribution in [0.5, 0.6) is 0 Å². The molecule has 0 saturated carbocycles. The first kappa shape index (κ1) is 25.6. The molecule has 10 heteroatoms. The third-order valence-electron chi connectivity index (χ3n) is 6.78. The SMILES string of the molecule is Cc1noc2ncc(NC(=O)c3ccc4ccc(-c5ccccc5F)cc4n3)c(N3CCC[C@H](N)C3)c12.Cl. The van der Waals surface area contributed by atoms with Crippen molar-refractivity contribution >= 4 is 51.7 Å². The Morgan fingerprint density at radius 3 is 2.82 bits per heavy atom. The number of fused-ring (bicyclic) bond motifs is 2. The van der Waals surface area contributed by atoms with Gasteiger partial charge in [-0.15, -0.1) is 12.4 Å². The van der Waals surface area contributed by atoms with Crippen LogP contribution in [0.2, 0.25) is 0 Å². The van der Waals surface area contributed by atoms with E-state index >= 15 is 0 Å². The van der Waals surface area contributed by atoms with Crippen LogP contribution in [0, 0.1) is 12.7 Å². The molecule has 0 bridgehead atoms. The van der Waals surface area contributed by atoms with Gasteiger partial charge in [-0.1, -0.05) is 41.6 Å². The molecule has 2 aromatic carbocycles. The third-order valence-corrected chi connectivity index (χ3v) is 6.78. The number of pyridine rings is 2. The summed E-state index contributed by atoms with van der Waals surface area (Å²) in [5.74, 6) is -0.691. The average Bonchev–Trinajstić information content (AvgIpc) is 3.28. The maximum Gasteiger partial charge on any atom is 0.274 e. The van der Waals surface area contributed by atoms with Crippen LogP contribution in [0.15, 0.2) is 65.3 Å². The molecule has 1 saturated heterocycles. The van der Waals surface area contributed by atoms with Crippen molar-refractivity contribution in [1.82, 2.24) is 15.1 Å². The van der Waals surface area contributed by atoms with Gasteiger partial charge in [-0.25, -0.2) is 14.4 Å². The van der Waals surface area contributed by atoms with Crippen LogP contribution in [0.25, 0.3) is 33.1 Å². The summed E-state index contributed by atoms with van der Waals surface area (Å²) in [5, 5.41) is 8.67. The second-order valence-electron chi connectivity index (χ2n) is 9.35. The number of piperidine rings is 1. The quantitative estimate of drug-likeness (QED) is 0.315. The number of hydrogen-bond donors (Lipinski definition) is 2. The van der Waals surface area contributed by atoms with Gasteiger partial charge in [0.15, 0.2) is 0 Å². The number of anilines is 2. The van der Waals surface area contributed by atoms with Crippen molar-refractivity contribution < 1.29 is 13.7 Å². The molecule has 4 heterocycles. The van der Waals surface area contributed by atoms with Gasteiger partial charge < -0.3 is 20.5 Å². The van der Waals surface area contributed by atoms with Gasteiger partial charge in [-0.2, -0.15) is 0 Å². The van der Waals surface area contributed by atoms with Crippen molar-refractivity contribution in [2.45, 2.75) is 25.8 Å². The van der Waals surface area contributed by atoms with Crippen molar-refractivity contribution in [2.75, 3.05) is 23.3 Å². The van der Waals surface area contributed by atoms with Gasteiger partial charge in [0.2, 0.25) is 0 Å². The first-order valence-electron chi connectivity index (χ1n) is 12.2. The minimum Gasteiger partial charge on any atom is -0.368 e. The van der Waals surface area contributed by atoms with E-state index in [0.717, 1.165) is 35.8 Å². The van der Waals surface area contributed by atoms with Gasteiger partial charge in [0.25, 0.3) is 11.6 Å². The Kier molecular flexibility index (Phi) is 6.96. The van der Waals surface area contributed by atoms with E-state index in [9.17, 15) is 9.18 Å². The summed E-state index contributed by atoms with van der Waals surface area (Å²) < 4.78 is 19.7. The van der Waals surface area contributed by atoms with Crippen LogP contribution in [0.3, 0.4) is 0 Å². The minimum absolute atomic E-state index is 0. The molecule has 38 heavy (non-hydrogen) atoms. The first-order valence-corrected chi connectivity index (χ1v) is 12.2. The lowest BCUT2D eigenvalue weighted by Crippen LogP contribution is -2.43. The van der Waals surface area contributed by atoms with E-state index < -0.39 is 0 Å². The van der Waals surface area contributed by atoms with Gasteiger partial charge >= 0.3 is 0 Å². The van der Waals surface area contributed by atoms with E-state index in [2.05, 4.69) is 25.3 Å². The molecule has 1 fully saturated rings. The number of carbonyl (C=O) groups is 1. The summed E-state index contributed by atoms with van der Waals surface area (Å²) in [6.45, 7) is 3.30. The van der Waals surface area contributed by atoms with Gasteiger partial charge in [0.05, 0.1) is 34.2 Å². The number of carbonyl (C=O) groups excluding carboxylic acids is 1. The number of nitrogens with two attached hydrogens (primary N) is 1. The van der Waals surface area contributed by atoms with Gasteiger partial charge in [-0.3, -0.25) is 4.79 Å².